The van der Waals surface area contributed by atoms with Gasteiger partial charge in [0.05, 0.1) is 7.11 Å². The van der Waals surface area contributed by atoms with Crippen LogP contribution in [0.5, 0.6) is 17.2 Å². The van der Waals surface area contributed by atoms with Gasteiger partial charge in [0.25, 0.3) is 0 Å². The Balaban J connectivity index is 3.23. The van der Waals surface area contributed by atoms with E-state index < -0.39 is 0 Å². The zero-order valence-corrected chi connectivity index (χ0v) is 7.52. The molecule has 1 rings (SSSR count). The summed E-state index contributed by atoms with van der Waals surface area (Å²) in [5.74, 6) is -0.494. The number of phenols is 2. The first kappa shape index (κ1) is 10.1. The van der Waals surface area contributed by atoms with Crippen LogP contribution in [0.25, 0.3) is 6.08 Å². The van der Waals surface area contributed by atoms with Crippen molar-refractivity contribution in [2.24, 2.45) is 0 Å². The first-order chi connectivity index (χ1) is 6.70. The Morgan fingerprint density at radius 3 is 2.71 bits per heavy atom. The van der Waals surface area contributed by atoms with E-state index in [1.165, 1.54) is 25.3 Å². The molecule has 0 fully saturated rings. The molecule has 14 heavy (non-hydrogen) atoms. The van der Waals surface area contributed by atoms with Gasteiger partial charge in [-0.15, -0.1) is 0 Å². The summed E-state index contributed by atoms with van der Waals surface area (Å²) in [6.07, 6.45) is 4.14. The monoisotopic (exact) mass is 193 g/mol. The van der Waals surface area contributed by atoms with Crippen LogP contribution in [0.15, 0.2) is 18.2 Å². The Morgan fingerprint density at radius 1 is 1.43 bits per heavy atom. The Labute approximate surface area is 81.1 Å². The lowest BCUT2D eigenvalue weighted by molar-refractivity contribution is 0.350. The van der Waals surface area contributed by atoms with Crippen molar-refractivity contribution in [3.05, 3.63) is 23.8 Å². The van der Waals surface area contributed by atoms with Crippen LogP contribution in [0.1, 0.15) is 5.56 Å². The highest BCUT2D eigenvalue weighted by Crippen LogP contribution is 2.38. The molecule has 0 atom stereocenters. The fraction of sp³-hybridized carbons (Fsp3) is 0.100. The predicted octanol–water partition coefficient (Wildman–Crippen LogP) is 1.23. The van der Waals surface area contributed by atoms with Gasteiger partial charge in [-0.3, -0.25) is 4.79 Å². The lowest BCUT2D eigenvalue weighted by Gasteiger charge is -2.07. The summed E-state index contributed by atoms with van der Waals surface area (Å²) in [5.41, 5.74) is 0.492. The highest BCUT2D eigenvalue weighted by Gasteiger charge is 2.10. The SMILES string of the molecule is COc1c(/C=C/[C]=O)ccc(O)c1O. The highest BCUT2D eigenvalue weighted by molar-refractivity contribution is 5.77. The third kappa shape index (κ3) is 1.85. The summed E-state index contributed by atoms with van der Waals surface area (Å²) in [5, 5.41) is 18.5. The maximum absolute atomic E-state index is 9.97. The van der Waals surface area contributed by atoms with Crippen molar-refractivity contribution < 1.29 is 19.7 Å². The molecule has 0 bridgehead atoms. The molecule has 2 N–H and O–H groups in total. The van der Waals surface area contributed by atoms with E-state index in [0.717, 1.165) is 6.08 Å². The standard InChI is InChI=1S/C10H9O4/c1-14-10-7(3-2-6-11)4-5-8(12)9(10)13/h2-5,12-13H,1H3/b3-2+. The summed E-state index contributed by atoms with van der Waals surface area (Å²) in [6.45, 7) is 0. The number of hydrogen-bond acceptors (Lipinski definition) is 4. The number of phenolic OH excluding ortho intramolecular Hbond substituents is 2. The summed E-state index contributed by atoms with van der Waals surface area (Å²) in [6, 6.07) is 2.82. The molecule has 0 aliphatic rings. The zero-order valence-electron chi connectivity index (χ0n) is 7.52. The third-order valence-corrected chi connectivity index (χ3v) is 1.68. The van der Waals surface area contributed by atoms with Gasteiger partial charge in [0.15, 0.2) is 11.5 Å². The molecular formula is C10H9O4. The first-order valence-electron chi connectivity index (χ1n) is 3.84. The van der Waals surface area contributed by atoms with Crippen LogP contribution in [0.2, 0.25) is 0 Å². The second-order valence-electron chi connectivity index (χ2n) is 2.51. The lowest BCUT2D eigenvalue weighted by Crippen LogP contribution is -1.87. The lowest BCUT2D eigenvalue weighted by atomic mass is 10.1. The van der Waals surface area contributed by atoms with Crippen LogP contribution in [-0.2, 0) is 4.79 Å². The van der Waals surface area contributed by atoms with Crippen LogP contribution in [0.4, 0.5) is 0 Å². The molecule has 4 nitrogen and oxygen atoms in total. The number of methoxy groups -OCH3 is 1. The molecule has 0 aliphatic carbocycles. The van der Waals surface area contributed by atoms with E-state index in [1.807, 2.05) is 0 Å². The van der Waals surface area contributed by atoms with Gasteiger partial charge in [0.1, 0.15) is 0 Å². The largest absolute Gasteiger partial charge is 0.504 e. The average molecular weight is 193 g/mol. The number of ether oxygens (including phenoxy) is 1. The normalized spacial score (nSPS) is 10.4. The molecule has 1 aromatic carbocycles. The third-order valence-electron chi connectivity index (χ3n) is 1.68. The van der Waals surface area contributed by atoms with Gasteiger partial charge in [-0.25, -0.2) is 0 Å². The van der Waals surface area contributed by atoms with Crippen LogP contribution in [0.3, 0.4) is 0 Å². The van der Waals surface area contributed by atoms with Crippen LogP contribution in [0, 0.1) is 0 Å². The summed E-state index contributed by atoms with van der Waals surface area (Å²) in [7, 11) is 1.36. The van der Waals surface area contributed by atoms with Crippen molar-refractivity contribution >= 4 is 12.4 Å². The fourth-order valence-corrected chi connectivity index (χ4v) is 1.05. The van der Waals surface area contributed by atoms with E-state index in [9.17, 15) is 9.90 Å². The Hall–Kier alpha value is -1.97. The average Bonchev–Trinajstić information content (AvgIpc) is 2.20. The maximum Gasteiger partial charge on any atom is 0.225 e. The Bertz CT molecular complexity index is 369. The van der Waals surface area contributed by atoms with Crippen molar-refractivity contribution in [1.29, 1.82) is 0 Å². The minimum Gasteiger partial charge on any atom is -0.504 e. The molecule has 0 saturated heterocycles. The molecule has 73 valence electrons. The number of carbonyl (C=O) groups excluding carboxylic acids is 1. The Morgan fingerprint density at radius 2 is 2.14 bits per heavy atom. The topological polar surface area (TPSA) is 66.8 Å². The molecule has 1 aromatic rings. The summed E-state index contributed by atoms with van der Waals surface area (Å²) >= 11 is 0. The number of hydrogen-bond donors (Lipinski definition) is 2. The Kier molecular flexibility index (Phi) is 3.12. The molecule has 0 unspecified atom stereocenters. The van der Waals surface area contributed by atoms with Crippen LogP contribution >= 0.6 is 0 Å². The van der Waals surface area contributed by atoms with Crippen molar-refractivity contribution in [2.75, 3.05) is 7.11 Å². The van der Waals surface area contributed by atoms with Crippen molar-refractivity contribution in [1.82, 2.24) is 0 Å². The molecule has 0 amide bonds. The van der Waals surface area contributed by atoms with E-state index in [2.05, 4.69) is 0 Å². The van der Waals surface area contributed by atoms with Gasteiger partial charge in [-0.1, -0.05) is 0 Å². The first-order valence-corrected chi connectivity index (χ1v) is 3.84. The molecule has 0 aliphatic heterocycles. The van der Waals surface area contributed by atoms with E-state index in [-0.39, 0.29) is 17.2 Å². The predicted molar refractivity (Wildman–Crippen MR) is 51.1 cm³/mol. The number of aromatic hydroxyl groups is 2. The van der Waals surface area contributed by atoms with E-state index >= 15 is 0 Å². The fourth-order valence-electron chi connectivity index (χ4n) is 1.05. The smallest absolute Gasteiger partial charge is 0.225 e. The zero-order chi connectivity index (χ0) is 10.6. The molecule has 0 spiro atoms. The van der Waals surface area contributed by atoms with Gasteiger partial charge < -0.3 is 14.9 Å². The molecule has 1 radical (unpaired) electrons. The second kappa shape index (κ2) is 4.32. The second-order valence-corrected chi connectivity index (χ2v) is 2.51. The maximum atomic E-state index is 9.97. The summed E-state index contributed by atoms with van der Waals surface area (Å²) in [4.78, 5) is 9.97. The summed E-state index contributed by atoms with van der Waals surface area (Å²) < 4.78 is 4.86. The van der Waals surface area contributed by atoms with E-state index in [1.54, 1.807) is 6.29 Å². The van der Waals surface area contributed by atoms with E-state index in [0.29, 0.717) is 5.56 Å². The van der Waals surface area contributed by atoms with Gasteiger partial charge in [-0.05, 0) is 24.3 Å². The van der Waals surface area contributed by atoms with Gasteiger partial charge in [0, 0.05) is 5.56 Å². The molecular weight excluding hydrogens is 184 g/mol. The quantitative estimate of drug-likeness (QED) is 0.559. The molecule has 0 heterocycles. The van der Waals surface area contributed by atoms with Crippen LogP contribution in [-0.4, -0.2) is 23.6 Å². The van der Waals surface area contributed by atoms with E-state index in [4.69, 9.17) is 9.84 Å². The minimum absolute atomic E-state index is 0.122. The van der Waals surface area contributed by atoms with Crippen molar-refractivity contribution in [3.63, 3.8) is 0 Å². The van der Waals surface area contributed by atoms with Crippen LogP contribution < -0.4 is 4.74 Å². The number of rotatable bonds is 3. The minimum atomic E-state index is -0.347. The van der Waals surface area contributed by atoms with Gasteiger partial charge in [-0.2, -0.15) is 0 Å². The molecule has 0 saturated carbocycles. The van der Waals surface area contributed by atoms with Crippen molar-refractivity contribution in [3.8, 4) is 17.2 Å². The number of allylic oxidation sites excluding steroid dienone is 1. The molecule has 0 aromatic heterocycles. The van der Waals surface area contributed by atoms with Crippen molar-refractivity contribution in [2.45, 2.75) is 0 Å². The van der Waals surface area contributed by atoms with Gasteiger partial charge >= 0.3 is 0 Å². The number of benzene rings is 1. The molecule has 4 heteroatoms. The highest BCUT2D eigenvalue weighted by atomic mass is 16.5. The van der Waals surface area contributed by atoms with Gasteiger partial charge in [0.2, 0.25) is 12.0 Å².